The third-order valence-electron chi connectivity index (χ3n) is 4.79. The van der Waals surface area contributed by atoms with Gasteiger partial charge in [-0.25, -0.2) is 0 Å². The summed E-state index contributed by atoms with van der Waals surface area (Å²) >= 11 is 0. The van der Waals surface area contributed by atoms with Crippen LogP contribution in [0, 0.1) is 0 Å². The molecule has 0 spiro atoms. The maximum absolute atomic E-state index is 12.8. The van der Waals surface area contributed by atoms with Crippen molar-refractivity contribution in [2.45, 2.75) is 25.6 Å². The number of rotatable bonds is 6. The SMILES string of the molecule is Cn1cc(CN2Cc3ccnn3[C@@H](C(=O)NCCc3ccncc3)C2)cn1. The topological polar surface area (TPSA) is 80.9 Å². The minimum Gasteiger partial charge on any atom is -0.354 e. The van der Waals surface area contributed by atoms with Gasteiger partial charge in [-0.1, -0.05) is 0 Å². The minimum absolute atomic E-state index is 0.00453. The van der Waals surface area contributed by atoms with Gasteiger partial charge in [-0.3, -0.25) is 24.0 Å². The van der Waals surface area contributed by atoms with Crippen LogP contribution in [0.3, 0.4) is 0 Å². The highest BCUT2D eigenvalue weighted by Crippen LogP contribution is 2.22. The number of aromatic nitrogens is 5. The highest BCUT2D eigenvalue weighted by molar-refractivity contribution is 5.80. The summed E-state index contributed by atoms with van der Waals surface area (Å²) in [6.45, 7) is 2.76. The maximum Gasteiger partial charge on any atom is 0.246 e. The number of hydrogen-bond acceptors (Lipinski definition) is 5. The average molecular weight is 365 g/mol. The molecule has 0 radical (unpaired) electrons. The molecule has 27 heavy (non-hydrogen) atoms. The summed E-state index contributed by atoms with van der Waals surface area (Å²) in [4.78, 5) is 19.1. The van der Waals surface area contributed by atoms with E-state index in [-0.39, 0.29) is 11.9 Å². The summed E-state index contributed by atoms with van der Waals surface area (Å²) in [6.07, 6.45) is 9.97. The Labute approximate surface area is 157 Å². The minimum atomic E-state index is -0.321. The number of carbonyl (C=O) groups excluding carboxylic acids is 1. The van der Waals surface area contributed by atoms with Gasteiger partial charge in [0.15, 0.2) is 0 Å². The van der Waals surface area contributed by atoms with Gasteiger partial charge in [0.25, 0.3) is 0 Å². The summed E-state index contributed by atoms with van der Waals surface area (Å²) in [7, 11) is 1.91. The lowest BCUT2D eigenvalue weighted by molar-refractivity contribution is -0.126. The van der Waals surface area contributed by atoms with Gasteiger partial charge in [0.1, 0.15) is 6.04 Å². The number of pyridine rings is 1. The third kappa shape index (κ3) is 4.06. The zero-order chi connectivity index (χ0) is 18.6. The molecule has 8 heteroatoms. The number of nitrogens with one attached hydrogen (secondary N) is 1. The van der Waals surface area contributed by atoms with Crippen molar-refractivity contribution in [1.82, 2.24) is 34.8 Å². The number of carbonyl (C=O) groups is 1. The van der Waals surface area contributed by atoms with Crippen molar-refractivity contribution in [2.24, 2.45) is 7.05 Å². The first-order valence-corrected chi connectivity index (χ1v) is 9.08. The summed E-state index contributed by atoms with van der Waals surface area (Å²) in [5.74, 6) is 0.00453. The molecule has 1 amide bonds. The highest BCUT2D eigenvalue weighted by atomic mass is 16.2. The molecule has 140 valence electrons. The van der Waals surface area contributed by atoms with Crippen LogP contribution in [0.25, 0.3) is 0 Å². The number of nitrogens with zero attached hydrogens (tertiary/aromatic N) is 6. The van der Waals surface area contributed by atoms with E-state index >= 15 is 0 Å². The van der Waals surface area contributed by atoms with Crippen molar-refractivity contribution in [3.05, 3.63) is 66.0 Å². The van der Waals surface area contributed by atoms with E-state index in [4.69, 9.17) is 0 Å². The Morgan fingerprint density at radius 3 is 2.81 bits per heavy atom. The lowest BCUT2D eigenvalue weighted by atomic mass is 10.1. The van der Waals surface area contributed by atoms with Crippen molar-refractivity contribution in [3.63, 3.8) is 0 Å². The Hall–Kier alpha value is -3.00. The van der Waals surface area contributed by atoms with Crippen LogP contribution in [0.15, 0.2) is 49.2 Å². The van der Waals surface area contributed by atoms with Crippen LogP contribution in [0.1, 0.15) is 22.9 Å². The molecule has 1 N–H and O–H groups in total. The van der Waals surface area contributed by atoms with Gasteiger partial charge in [0, 0.05) is 63.6 Å². The molecule has 3 aromatic rings. The largest absolute Gasteiger partial charge is 0.354 e. The molecule has 8 nitrogen and oxygen atoms in total. The Morgan fingerprint density at radius 2 is 2.04 bits per heavy atom. The van der Waals surface area contributed by atoms with E-state index in [0.717, 1.165) is 36.3 Å². The normalized spacial score (nSPS) is 16.9. The van der Waals surface area contributed by atoms with E-state index in [2.05, 4.69) is 25.4 Å². The molecule has 1 aliphatic rings. The number of fused-ring (bicyclic) bond motifs is 1. The van der Waals surface area contributed by atoms with E-state index in [1.54, 1.807) is 23.3 Å². The number of hydrogen-bond donors (Lipinski definition) is 1. The summed E-state index contributed by atoms with van der Waals surface area (Å²) in [5.41, 5.74) is 3.36. The smallest absolute Gasteiger partial charge is 0.246 e. The second kappa shape index (κ2) is 7.71. The van der Waals surface area contributed by atoms with Gasteiger partial charge < -0.3 is 5.32 Å². The van der Waals surface area contributed by atoms with Gasteiger partial charge >= 0.3 is 0 Å². The molecule has 1 aliphatic heterocycles. The van der Waals surface area contributed by atoms with Crippen LogP contribution in [-0.4, -0.2) is 48.4 Å². The molecule has 1 atom stereocenters. The Kier molecular flexibility index (Phi) is 4.97. The molecule has 0 bridgehead atoms. The standard InChI is InChI=1S/C19H23N7O/c1-24-11-16(10-23-24)12-25-13-17-5-9-22-26(17)18(14-25)19(27)21-8-4-15-2-6-20-7-3-15/h2-3,5-7,9-11,18H,4,8,12-14H2,1H3,(H,21,27)/t18-/m1/s1. The molecule has 0 fully saturated rings. The molecule has 0 saturated carbocycles. The first-order valence-electron chi connectivity index (χ1n) is 9.08. The van der Waals surface area contributed by atoms with E-state index < -0.39 is 0 Å². The second-order valence-corrected chi connectivity index (χ2v) is 6.87. The highest BCUT2D eigenvalue weighted by Gasteiger charge is 2.30. The predicted molar refractivity (Wildman–Crippen MR) is 99.5 cm³/mol. The van der Waals surface area contributed by atoms with Crippen molar-refractivity contribution < 1.29 is 4.79 Å². The summed E-state index contributed by atoms with van der Waals surface area (Å²) in [5, 5.41) is 11.7. The molecule has 0 aromatic carbocycles. The van der Waals surface area contributed by atoms with Gasteiger partial charge in [-0.15, -0.1) is 0 Å². The van der Waals surface area contributed by atoms with E-state index in [1.165, 1.54) is 0 Å². The Balaban J connectivity index is 1.40. The van der Waals surface area contributed by atoms with Gasteiger partial charge in [-0.05, 0) is 30.2 Å². The van der Waals surface area contributed by atoms with Crippen LogP contribution < -0.4 is 5.32 Å². The molecular weight excluding hydrogens is 342 g/mol. The first kappa shape index (κ1) is 17.4. The van der Waals surface area contributed by atoms with E-state index in [9.17, 15) is 4.79 Å². The number of amides is 1. The fraction of sp³-hybridized carbons (Fsp3) is 0.368. The molecular formula is C19H23N7O. The van der Waals surface area contributed by atoms with Crippen LogP contribution in [-0.2, 0) is 31.4 Å². The molecule has 0 saturated heterocycles. The van der Waals surface area contributed by atoms with Gasteiger partial charge in [0.2, 0.25) is 5.91 Å². The monoisotopic (exact) mass is 365 g/mol. The Morgan fingerprint density at radius 1 is 1.19 bits per heavy atom. The molecule has 4 heterocycles. The van der Waals surface area contributed by atoms with Crippen LogP contribution >= 0.6 is 0 Å². The van der Waals surface area contributed by atoms with Crippen LogP contribution in [0.2, 0.25) is 0 Å². The van der Waals surface area contributed by atoms with Gasteiger partial charge in [-0.2, -0.15) is 10.2 Å². The quantitative estimate of drug-likeness (QED) is 0.703. The fourth-order valence-corrected chi connectivity index (χ4v) is 3.49. The Bertz CT molecular complexity index is 902. The van der Waals surface area contributed by atoms with Crippen molar-refractivity contribution >= 4 is 5.91 Å². The summed E-state index contributed by atoms with van der Waals surface area (Å²) < 4.78 is 3.65. The lowest BCUT2D eigenvalue weighted by Crippen LogP contribution is -2.45. The third-order valence-corrected chi connectivity index (χ3v) is 4.79. The molecule has 0 unspecified atom stereocenters. The molecule has 4 rings (SSSR count). The van der Waals surface area contributed by atoms with Crippen LogP contribution in [0.4, 0.5) is 0 Å². The summed E-state index contributed by atoms with van der Waals surface area (Å²) in [6, 6.07) is 5.59. The maximum atomic E-state index is 12.8. The molecule has 0 aliphatic carbocycles. The van der Waals surface area contributed by atoms with E-state index in [0.29, 0.717) is 13.1 Å². The predicted octanol–water partition coefficient (Wildman–Crippen LogP) is 0.927. The van der Waals surface area contributed by atoms with E-state index in [1.807, 2.05) is 42.3 Å². The zero-order valence-corrected chi connectivity index (χ0v) is 15.3. The average Bonchev–Trinajstić information content (AvgIpc) is 3.30. The number of aryl methyl sites for hydroxylation is 1. The lowest BCUT2D eigenvalue weighted by Gasteiger charge is -2.32. The van der Waals surface area contributed by atoms with Gasteiger partial charge in [0.05, 0.1) is 11.9 Å². The van der Waals surface area contributed by atoms with Crippen molar-refractivity contribution in [2.75, 3.05) is 13.1 Å². The fourth-order valence-electron chi connectivity index (χ4n) is 3.49. The van der Waals surface area contributed by atoms with Crippen molar-refractivity contribution in [3.8, 4) is 0 Å². The first-order chi connectivity index (χ1) is 13.2. The van der Waals surface area contributed by atoms with Crippen LogP contribution in [0.5, 0.6) is 0 Å². The van der Waals surface area contributed by atoms with Crippen molar-refractivity contribution in [1.29, 1.82) is 0 Å². The second-order valence-electron chi connectivity index (χ2n) is 6.87. The molecule has 3 aromatic heterocycles. The zero-order valence-electron chi connectivity index (χ0n) is 15.3.